The molecular weight excluding hydrogens is 220 g/mol. The van der Waals surface area contributed by atoms with E-state index in [2.05, 4.69) is 47.2 Å². The Morgan fingerprint density at radius 1 is 1.06 bits per heavy atom. The minimum absolute atomic E-state index is 0.953. The van der Waals surface area contributed by atoms with Crippen molar-refractivity contribution in [3.63, 3.8) is 0 Å². The first-order valence-electron chi connectivity index (χ1n) is 6.41. The van der Waals surface area contributed by atoms with Crippen LogP contribution in [0.25, 0.3) is 22.4 Å². The molecule has 0 aliphatic heterocycles. The number of rotatable bonds is 3. The number of hydrogen-bond acceptors (Lipinski definition) is 1. The van der Waals surface area contributed by atoms with E-state index >= 15 is 0 Å². The number of fused-ring (bicyclic) bond motifs is 1. The molecule has 1 heterocycles. The van der Waals surface area contributed by atoms with Gasteiger partial charge in [-0.3, -0.25) is 0 Å². The quantitative estimate of drug-likeness (QED) is 0.726. The molecule has 2 nitrogen and oxygen atoms in total. The summed E-state index contributed by atoms with van der Waals surface area (Å²) in [6.45, 7) is 2.20. The fourth-order valence-corrected chi connectivity index (χ4v) is 2.25. The summed E-state index contributed by atoms with van der Waals surface area (Å²) < 4.78 is 0. The van der Waals surface area contributed by atoms with E-state index in [4.69, 9.17) is 0 Å². The average Bonchev–Trinajstić information content (AvgIpc) is 2.83. The molecule has 2 aromatic carbocycles. The van der Waals surface area contributed by atoms with Crippen LogP contribution in [0.5, 0.6) is 0 Å². The fraction of sp³-hybridized carbons (Fsp3) is 0.188. The molecule has 0 saturated carbocycles. The number of aromatic amines is 1. The average molecular weight is 236 g/mol. The summed E-state index contributed by atoms with van der Waals surface area (Å²) in [6.07, 6.45) is 2.29. The molecule has 1 N–H and O–H groups in total. The van der Waals surface area contributed by atoms with E-state index in [1.807, 2.05) is 18.2 Å². The van der Waals surface area contributed by atoms with Gasteiger partial charge in [0.1, 0.15) is 5.82 Å². The highest BCUT2D eigenvalue weighted by atomic mass is 14.9. The maximum Gasteiger partial charge on any atom is 0.138 e. The molecule has 0 radical (unpaired) electrons. The van der Waals surface area contributed by atoms with Crippen molar-refractivity contribution in [3.05, 3.63) is 54.1 Å². The second-order valence-corrected chi connectivity index (χ2v) is 4.55. The van der Waals surface area contributed by atoms with E-state index in [0.29, 0.717) is 0 Å². The maximum absolute atomic E-state index is 4.63. The standard InChI is InChI=1S/C16H16N2/c1-2-6-12-7-5-8-13(11-12)16-17-14-9-3-4-10-15(14)18-16/h3-5,7-11H,2,6H2,1H3,(H,17,18). The molecule has 0 amide bonds. The van der Waals surface area contributed by atoms with Crippen LogP contribution in [0.2, 0.25) is 0 Å². The molecule has 0 saturated heterocycles. The third kappa shape index (κ3) is 2.02. The SMILES string of the molecule is CCCc1cccc(-c2nc3ccccc3[nH]2)c1. The topological polar surface area (TPSA) is 28.7 Å². The highest BCUT2D eigenvalue weighted by molar-refractivity contribution is 5.79. The largest absolute Gasteiger partial charge is 0.338 e. The first kappa shape index (κ1) is 11.0. The first-order chi connectivity index (χ1) is 8.86. The van der Waals surface area contributed by atoms with Crippen LogP contribution in [0.1, 0.15) is 18.9 Å². The summed E-state index contributed by atoms with van der Waals surface area (Å²) in [6, 6.07) is 16.7. The van der Waals surface area contributed by atoms with Crippen LogP contribution >= 0.6 is 0 Å². The molecule has 0 spiro atoms. The Labute approximate surface area is 107 Å². The Balaban J connectivity index is 2.05. The molecule has 0 aliphatic carbocycles. The molecule has 0 unspecified atom stereocenters. The van der Waals surface area contributed by atoms with Crippen molar-refractivity contribution in [2.45, 2.75) is 19.8 Å². The van der Waals surface area contributed by atoms with E-state index in [1.165, 1.54) is 12.0 Å². The monoisotopic (exact) mass is 236 g/mol. The number of H-pyrrole nitrogens is 1. The van der Waals surface area contributed by atoms with Crippen LogP contribution in [-0.4, -0.2) is 9.97 Å². The second kappa shape index (κ2) is 4.65. The lowest BCUT2D eigenvalue weighted by atomic mass is 10.1. The number of hydrogen-bond donors (Lipinski definition) is 1. The van der Waals surface area contributed by atoms with Crippen molar-refractivity contribution in [1.29, 1.82) is 0 Å². The highest BCUT2D eigenvalue weighted by Gasteiger charge is 2.04. The van der Waals surface area contributed by atoms with Crippen molar-refractivity contribution in [2.75, 3.05) is 0 Å². The van der Waals surface area contributed by atoms with E-state index < -0.39 is 0 Å². The van der Waals surface area contributed by atoms with Crippen LogP contribution in [0.15, 0.2) is 48.5 Å². The summed E-state index contributed by atoms with van der Waals surface area (Å²) in [4.78, 5) is 8.00. The maximum atomic E-state index is 4.63. The summed E-state index contributed by atoms with van der Waals surface area (Å²) in [5, 5.41) is 0. The van der Waals surface area contributed by atoms with E-state index in [0.717, 1.165) is 28.8 Å². The van der Waals surface area contributed by atoms with Crippen molar-refractivity contribution >= 4 is 11.0 Å². The van der Waals surface area contributed by atoms with Gasteiger partial charge in [-0.2, -0.15) is 0 Å². The van der Waals surface area contributed by atoms with Gasteiger partial charge in [0.05, 0.1) is 11.0 Å². The molecule has 3 rings (SSSR count). The molecule has 0 bridgehead atoms. The van der Waals surface area contributed by atoms with Crippen LogP contribution in [0.4, 0.5) is 0 Å². The van der Waals surface area contributed by atoms with Gasteiger partial charge in [-0.1, -0.05) is 43.7 Å². The predicted molar refractivity (Wildman–Crippen MR) is 75.5 cm³/mol. The molecule has 90 valence electrons. The third-order valence-corrected chi connectivity index (χ3v) is 3.13. The smallest absolute Gasteiger partial charge is 0.138 e. The second-order valence-electron chi connectivity index (χ2n) is 4.55. The van der Waals surface area contributed by atoms with E-state index in [-0.39, 0.29) is 0 Å². The van der Waals surface area contributed by atoms with Gasteiger partial charge in [0.15, 0.2) is 0 Å². The number of nitrogens with zero attached hydrogens (tertiary/aromatic N) is 1. The van der Waals surface area contributed by atoms with E-state index in [1.54, 1.807) is 0 Å². The molecule has 3 aromatic rings. The molecule has 0 atom stereocenters. The Morgan fingerprint density at radius 3 is 2.78 bits per heavy atom. The van der Waals surface area contributed by atoms with Crippen molar-refractivity contribution in [1.82, 2.24) is 9.97 Å². The molecule has 1 aromatic heterocycles. The normalized spacial score (nSPS) is 10.9. The van der Waals surface area contributed by atoms with Crippen molar-refractivity contribution in [2.24, 2.45) is 0 Å². The summed E-state index contributed by atoms with van der Waals surface area (Å²) in [5.74, 6) is 0.953. The zero-order valence-corrected chi connectivity index (χ0v) is 10.5. The van der Waals surface area contributed by atoms with Crippen LogP contribution < -0.4 is 0 Å². The lowest BCUT2D eigenvalue weighted by molar-refractivity contribution is 0.922. The van der Waals surface area contributed by atoms with Gasteiger partial charge in [0, 0.05) is 5.56 Å². The number of nitrogens with one attached hydrogen (secondary N) is 1. The van der Waals surface area contributed by atoms with Crippen LogP contribution in [0.3, 0.4) is 0 Å². The van der Waals surface area contributed by atoms with Crippen LogP contribution in [0, 0.1) is 0 Å². The number of aryl methyl sites for hydroxylation is 1. The van der Waals surface area contributed by atoms with Gasteiger partial charge in [0.2, 0.25) is 0 Å². The van der Waals surface area contributed by atoms with Crippen molar-refractivity contribution in [3.8, 4) is 11.4 Å². The zero-order valence-electron chi connectivity index (χ0n) is 10.5. The minimum Gasteiger partial charge on any atom is -0.338 e. The number of benzene rings is 2. The number of imidazole rings is 1. The third-order valence-electron chi connectivity index (χ3n) is 3.13. The number of aromatic nitrogens is 2. The summed E-state index contributed by atoms with van der Waals surface area (Å²) >= 11 is 0. The molecule has 2 heteroatoms. The Kier molecular flexibility index (Phi) is 2.85. The van der Waals surface area contributed by atoms with Gasteiger partial charge in [-0.15, -0.1) is 0 Å². The lowest BCUT2D eigenvalue weighted by Gasteiger charge is -2.01. The first-order valence-corrected chi connectivity index (χ1v) is 6.41. The van der Waals surface area contributed by atoms with Gasteiger partial charge in [-0.25, -0.2) is 4.98 Å². The predicted octanol–water partition coefficient (Wildman–Crippen LogP) is 4.18. The lowest BCUT2D eigenvalue weighted by Crippen LogP contribution is -1.85. The Bertz CT molecular complexity index is 634. The van der Waals surface area contributed by atoms with Gasteiger partial charge in [0.25, 0.3) is 0 Å². The summed E-state index contributed by atoms with van der Waals surface area (Å²) in [5.41, 5.74) is 4.65. The summed E-state index contributed by atoms with van der Waals surface area (Å²) in [7, 11) is 0. The molecular formula is C16H16N2. The number of para-hydroxylation sites is 2. The van der Waals surface area contributed by atoms with Crippen molar-refractivity contribution < 1.29 is 0 Å². The zero-order chi connectivity index (χ0) is 12.4. The molecule has 0 aliphatic rings. The molecule has 0 fully saturated rings. The molecule has 18 heavy (non-hydrogen) atoms. The van der Waals surface area contributed by atoms with Gasteiger partial charge < -0.3 is 4.98 Å². The van der Waals surface area contributed by atoms with Crippen LogP contribution in [-0.2, 0) is 6.42 Å². The fourth-order valence-electron chi connectivity index (χ4n) is 2.25. The minimum atomic E-state index is 0.953. The van der Waals surface area contributed by atoms with E-state index in [9.17, 15) is 0 Å². The Hall–Kier alpha value is -2.09. The van der Waals surface area contributed by atoms with Gasteiger partial charge in [-0.05, 0) is 30.2 Å². The Morgan fingerprint density at radius 2 is 1.94 bits per heavy atom. The van der Waals surface area contributed by atoms with Gasteiger partial charge >= 0.3 is 0 Å². The highest BCUT2D eigenvalue weighted by Crippen LogP contribution is 2.21.